The summed E-state index contributed by atoms with van der Waals surface area (Å²) in [6.07, 6.45) is 5.17. The van der Waals surface area contributed by atoms with Gasteiger partial charge in [-0.2, -0.15) is 0 Å². The second kappa shape index (κ2) is 5.48. The highest BCUT2D eigenvalue weighted by atomic mass is 16.6. The van der Waals surface area contributed by atoms with Crippen LogP contribution in [-0.4, -0.2) is 35.0 Å². The van der Waals surface area contributed by atoms with Crippen molar-refractivity contribution in [3.63, 3.8) is 0 Å². The van der Waals surface area contributed by atoms with E-state index in [1.54, 1.807) is 0 Å². The summed E-state index contributed by atoms with van der Waals surface area (Å²) in [6.45, 7) is 4.46. The molecule has 4 heteroatoms. The Morgan fingerprint density at radius 3 is 2.06 bits per heavy atom. The summed E-state index contributed by atoms with van der Waals surface area (Å²) in [6, 6.07) is 16.5. The van der Waals surface area contributed by atoms with Crippen molar-refractivity contribution in [3.8, 4) is 0 Å². The molecule has 2 fully saturated rings. The summed E-state index contributed by atoms with van der Waals surface area (Å²) in [4.78, 5) is 28.6. The third-order valence-electron chi connectivity index (χ3n) is 8.98. The van der Waals surface area contributed by atoms with Gasteiger partial charge in [-0.05, 0) is 48.4 Å². The molecule has 2 aromatic carbocycles. The van der Waals surface area contributed by atoms with Gasteiger partial charge in [0.1, 0.15) is 12.1 Å². The number of benzene rings is 2. The van der Waals surface area contributed by atoms with E-state index in [4.69, 9.17) is 4.74 Å². The second-order valence-electron chi connectivity index (χ2n) is 10.3. The molecule has 8 rings (SSSR count). The van der Waals surface area contributed by atoms with Crippen LogP contribution in [-0.2, 0) is 20.4 Å². The number of amides is 1. The molecule has 6 aliphatic rings. The Kier molecular flexibility index (Phi) is 3.14. The first-order chi connectivity index (χ1) is 15.0. The van der Waals surface area contributed by atoms with Gasteiger partial charge in [-0.1, -0.05) is 60.7 Å². The standard InChI is InChI=1S/C27H25NO3/c1-26-17-7-3-5-9-19(17)27(2,20-10-6-4-8-18(20)26)24-23(26)28(25(30)31-24)22-16-12-11-15(13-16)14-21(22)29/h3-12,15-16,22-24H,13-14H2,1-2H3/t15-,16+,22+,23+,24-,26?,27?/m1/s1. The van der Waals surface area contributed by atoms with Gasteiger partial charge >= 0.3 is 6.09 Å². The van der Waals surface area contributed by atoms with Crippen molar-refractivity contribution in [2.24, 2.45) is 11.8 Å². The molecule has 0 unspecified atom stereocenters. The largest absolute Gasteiger partial charge is 0.443 e. The van der Waals surface area contributed by atoms with Gasteiger partial charge in [-0.15, -0.1) is 0 Å². The zero-order valence-electron chi connectivity index (χ0n) is 17.7. The van der Waals surface area contributed by atoms with Crippen molar-refractivity contribution in [2.75, 3.05) is 0 Å². The van der Waals surface area contributed by atoms with Gasteiger partial charge in [0.25, 0.3) is 0 Å². The fourth-order valence-electron chi connectivity index (χ4n) is 7.66. The van der Waals surface area contributed by atoms with Gasteiger partial charge in [0.15, 0.2) is 5.78 Å². The summed E-state index contributed by atoms with van der Waals surface area (Å²) in [5, 5.41) is 0. The maximum atomic E-state index is 13.5. The minimum Gasteiger partial charge on any atom is -0.443 e. The highest BCUT2D eigenvalue weighted by Gasteiger charge is 2.70. The molecule has 4 nitrogen and oxygen atoms in total. The molecular weight excluding hydrogens is 386 g/mol. The van der Waals surface area contributed by atoms with Crippen LogP contribution in [0.2, 0.25) is 0 Å². The van der Waals surface area contributed by atoms with Crippen LogP contribution >= 0.6 is 0 Å². The van der Waals surface area contributed by atoms with Crippen LogP contribution in [0.25, 0.3) is 0 Å². The van der Waals surface area contributed by atoms with E-state index in [1.165, 1.54) is 22.3 Å². The molecule has 1 saturated heterocycles. The predicted molar refractivity (Wildman–Crippen MR) is 116 cm³/mol. The number of hydrogen-bond donors (Lipinski definition) is 0. The van der Waals surface area contributed by atoms with Gasteiger partial charge in [-0.3, -0.25) is 9.69 Å². The van der Waals surface area contributed by atoms with Crippen LogP contribution in [0.1, 0.15) is 48.9 Å². The molecule has 1 aliphatic heterocycles. The molecule has 4 bridgehead atoms. The maximum absolute atomic E-state index is 13.5. The van der Waals surface area contributed by atoms with Crippen LogP contribution in [0.4, 0.5) is 4.79 Å². The van der Waals surface area contributed by atoms with E-state index >= 15 is 0 Å². The number of allylic oxidation sites excluding steroid dienone is 1. The van der Waals surface area contributed by atoms with E-state index in [0.717, 1.165) is 6.42 Å². The summed E-state index contributed by atoms with van der Waals surface area (Å²) < 4.78 is 6.21. The number of Topliss-reactive ketones (excluding diaryl/α,β-unsaturated/α-hetero) is 1. The molecule has 5 aliphatic carbocycles. The SMILES string of the molecule is CC12c3ccccc3C(C)(c3ccccc31)[C@@H]1[C@H]2OC(=O)N1[C@@H]1C(=O)C[C@@H]2C=C[C@H]1C2. The zero-order valence-corrected chi connectivity index (χ0v) is 17.7. The molecule has 0 spiro atoms. The minimum atomic E-state index is -0.439. The maximum Gasteiger partial charge on any atom is 0.411 e. The summed E-state index contributed by atoms with van der Waals surface area (Å²) >= 11 is 0. The fraction of sp³-hybridized carbons (Fsp3) is 0.407. The quantitative estimate of drug-likeness (QED) is 0.656. The average Bonchev–Trinajstić information content (AvgIpc) is 3.34. The van der Waals surface area contributed by atoms with Crippen molar-refractivity contribution in [1.82, 2.24) is 4.90 Å². The van der Waals surface area contributed by atoms with Crippen LogP contribution in [0, 0.1) is 11.8 Å². The first kappa shape index (κ1) is 17.8. The lowest BCUT2D eigenvalue weighted by atomic mass is 9.47. The summed E-state index contributed by atoms with van der Waals surface area (Å²) in [5.41, 5.74) is 4.12. The molecule has 1 heterocycles. The van der Waals surface area contributed by atoms with Crippen LogP contribution in [0.5, 0.6) is 0 Å². The number of carbonyl (C=O) groups excluding carboxylic acids is 2. The highest BCUT2D eigenvalue weighted by molar-refractivity contribution is 5.91. The first-order valence-electron chi connectivity index (χ1n) is 11.4. The lowest BCUT2D eigenvalue weighted by molar-refractivity contribution is -0.128. The van der Waals surface area contributed by atoms with Gasteiger partial charge in [0.05, 0.1) is 11.5 Å². The lowest BCUT2D eigenvalue weighted by Gasteiger charge is -2.59. The lowest BCUT2D eigenvalue weighted by Crippen LogP contribution is -2.68. The molecule has 5 atom stereocenters. The summed E-state index contributed by atoms with van der Waals surface area (Å²) in [7, 11) is 0. The van der Waals surface area contributed by atoms with E-state index in [9.17, 15) is 9.59 Å². The molecule has 2 aromatic rings. The number of carbonyl (C=O) groups is 2. The Morgan fingerprint density at radius 2 is 1.45 bits per heavy atom. The van der Waals surface area contributed by atoms with Gasteiger partial charge < -0.3 is 4.74 Å². The van der Waals surface area contributed by atoms with E-state index < -0.39 is 16.9 Å². The third kappa shape index (κ3) is 1.85. The van der Waals surface area contributed by atoms with Crippen LogP contribution < -0.4 is 0 Å². The Labute approximate surface area is 181 Å². The molecule has 1 saturated carbocycles. The number of hydrogen-bond acceptors (Lipinski definition) is 3. The van der Waals surface area contributed by atoms with E-state index in [0.29, 0.717) is 12.3 Å². The Hall–Kier alpha value is -2.88. The molecule has 1 amide bonds. The van der Waals surface area contributed by atoms with Gasteiger partial charge in [-0.25, -0.2) is 4.79 Å². The van der Waals surface area contributed by atoms with Gasteiger partial charge in [0.2, 0.25) is 0 Å². The number of fused-ring (bicyclic) bond motifs is 2. The topological polar surface area (TPSA) is 46.6 Å². The smallest absolute Gasteiger partial charge is 0.411 e. The zero-order chi connectivity index (χ0) is 21.1. The molecule has 0 aromatic heterocycles. The molecular formula is C27H25NO3. The van der Waals surface area contributed by atoms with E-state index in [-0.39, 0.29) is 29.9 Å². The first-order valence-corrected chi connectivity index (χ1v) is 11.4. The third-order valence-corrected chi connectivity index (χ3v) is 8.98. The van der Waals surface area contributed by atoms with Crippen molar-refractivity contribution in [2.45, 2.75) is 55.7 Å². The molecule has 31 heavy (non-hydrogen) atoms. The van der Waals surface area contributed by atoms with Crippen LogP contribution in [0.15, 0.2) is 60.7 Å². The minimum absolute atomic E-state index is 0.0971. The number of nitrogens with zero attached hydrogens (tertiary/aromatic N) is 1. The predicted octanol–water partition coefficient (Wildman–Crippen LogP) is 4.35. The van der Waals surface area contributed by atoms with Crippen molar-refractivity contribution >= 4 is 11.9 Å². The van der Waals surface area contributed by atoms with E-state index in [2.05, 4.69) is 74.5 Å². The van der Waals surface area contributed by atoms with Crippen molar-refractivity contribution < 1.29 is 14.3 Å². The van der Waals surface area contributed by atoms with Crippen LogP contribution in [0.3, 0.4) is 0 Å². The summed E-state index contributed by atoms with van der Waals surface area (Å²) in [5.74, 6) is 0.612. The number of ether oxygens (including phenoxy) is 1. The Balaban J connectivity index is 1.50. The number of ketones is 1. The second-order valence-corrected chi connectivity index (χ2v) is 10.3. The Bertz CT molecular complexity index is 1150. The van der Waals surface area contributed by atoms with Crippen molar-refractivity contribution in [1.29, 1.82) is 0 Å². The molecule has 156 valence electrons. The monoisotopic (exact) mass is 411 g/mol. The van der Waals surface area contributed by atoms with Gasteiger partial charge in [0, 0.05) is 17.8 Å². The fourth-order valence-corrected chi connectivity index (χ4v) is 7.66. The average molecular weight is 412 g/mol. The molecule has 0 radical (unpaired) electrons. The molecule has 0 N–H and O–H groups in total. The number of rotatable bonds is 1. The highest BCUT2D eigenvalue weighted by Crippen LogP contribution is 2.63. The van der Waals surface area contributed by atoms with Crippen molar-refractivity contribution in [3.05, 3.63) is 82.9 Å². The normalized spacial score (nSPS) is 41.1. The van der Waals surface area contributed by atoms with E-state index in [1.807, 2.05) is 4.90 Å². The Morgan fingerprint density at radius 1 is 0.871 bits per heavy atom.